The molecular weight excluding hydrogens is 403 g/mol. The maximum absolute atomic E-state index is 12.5. The lowest BCUT2D eigenvalue weighted by Crippen LogP contribution is -2.25. The molecule has 2 aromatic rings. The van der Waals surface area contributed by atoms with Crippen molar-refractivity contribution in [1.82, 2.24) is 15.0 Å². The number of amides is 1. The van der Waals surface area contributed by atoms with Crippen LogP contribution in [-0.2, 0) is 27.5 Å². The highest BCUT2D eigenvalue weighted by molar-refractivity contribution is 7.99. The van der Waals surface area contributed by atoms with Crippen LogP contribution in [-0.4, -0.2) is 32.1 Å². The standard InChI is InChI=1S/C16H16F3N3O3S2/c1-20-27(24,25)13-4-2-3-11(7-13)8-21-14(23)10-26-15-6-5-12(9-22-15)16(17,18)19/h2-7,9,20H,8,10H2,1H3,(H,21,23). The summed E-state index contributed by atoms with van der Waals surface area (Å²) in [5, 5.41) is 2.91. The zero-order valence-corrected chi connectivity index (χ0v) is 15.7. The van der Waals surface area contributed by atoms with Crippen LogP contribution < -0.4 is 10.0 Å². The van der Waals surface area contributed by atoms with Crippen LogP contribution in [0.25, 0.3) is 0 Å². The third-order valence-electron chi connectivity index (χ3n) is 3.38. The van der Waals surface area contributed by atoms with Crippen LogP contribution in [0.3, 0.4) is 0 Å². The molecule has 1 amide bonds. The smallest absolute Gasteiger partial charge is 0.351 e. The molecule has 0 radical (unpaired) electrons. The predicted molar refractivity (Wildman–Crippen MR) is 94.5 cm³/mol. The third kappa shape index (κ3) is 6.22. The van der Waals surface area contributed by atoms with E-state index >= 15 is 0 Å². The second-order valence-corrected chi connectivity index (χ2v) is 8.19. The van der Waals surface area contributed by atoms with Crippen molar-refractivity contribution < 1.29 is 26.4 Å². The van der Waals surface area contributed by atoms with Gasteiger partial charge < -0.3 is 5.32 Å². The zero-order chi connectivity index (χ0) is 20.1. The molecule has 1 aromatic carbocycles. The fraction of sp³-hybridized carbons (Fsp3) is 0.250. The highest BCUT2D eigenvalue weighted by atomic mass is 32.2. The Labute approximate surface area is 158 Å². The van der Waals surface area contributed by atoms with Gasteiger partial charge in [-0.1, -0.05) is 23.9 Å². The summed E-state index contributed by atoms with van der Waals surface area (Å²) in [6.07, 6.45) is -3.74. The van der Waals surface area contributed by atoms with Crippen LogP contribution in [0.15, 0.2) is 52.5 Å². The Hall–Kier alpha value is -2.11. The number of nitrogens with one attached hydrogen (secondary N) is 2. The summed E-state index contributed by atoms with van der Waals surface area (Å²) in [7, 11) is -2.27. The maximum atomic E-state index is 12.5. The Morgan fingerprint density at radius 3 is 2.56 bits per heavy atom. The molecule has 2 N–H and O–H groups in total. The SMILES string of the molecule is CNS(=O)(=O)c1cccc(CNC(=O)CSc2ccc(C(F)(F)F)cn2)c1. The van der Waals surface area contributed by atoms with Gasteiger partial charge in [0.2, 0.25) is 15.9 Å². The van der Waals surface area contributed by atoms with Gasteiger partial charge in [0.1, 0.15) is 0 Å². The van der Waals surface area contributed by atoms with E-state index in [9.17, 15) is 26.4 Å². The number of carbonyl (C=O) groups is 1. The minimum atomic E-state index is -4.46. The van der Waals surface area contributed by atoms with Crippen LogP contribution >= 0.6 is 11.8 Å². The topological polar surface area (TPSA) is 88.2 Å². The van der Waals surface area contributed by atoms with Crippen LogP contribution in [0.5, 0.6) is 0 Å². The zero-order valence-electron chi connectivity index (χ0n) is 14.1. The molecule has 6 nitrogen and oxygen atoms in total. The first-order valence-corrected chi connectivity index (χ1v) is 10.0. The van der Waals surface area contributed by atoms with Crippen LogP contribution in [0.2, 0.25) is 0 Å². The number of alkyl halides is 3. The average Bonchev–Trinajstić information content (AvgIpc) is 2.64. The maximum Gasteiger partial charge on any atom is 0.417 e. The first kappa shape index (κ1) is 21.2. The number of sulfonamides is 1. The van der Waals surface area contributed by atoms with Crippen molar-refractivity contribution in [3.05, 3.63) is 53.7 Å². The Kier molecular flexibility index (Phi) is 6.84. The van der Waals surface area contributed by atoms with E-state index in [1.165, 1.54) is 25.2 Å². The second-order valence-electron chi connectivity index (χ2n) is 5.30. The minimum absolute atomic E-state index is 0.0349. The number of hydrogen-bond acceptors (Lipinski definition) is 5. The van der Waals surface area contributed by atoms with Gasteiger partial charge in [-0.3, -0.25) is 4.79 Å². The molecule has 11 heteroatoms. The van der Waals surface area contributed by atoms with Crippen molar-refractivity contribution in [2.75, 3.05) is 12.8 Å². The summed E-state index contributed by atoms with van der Waals surface area (Å²) >= 11 is 0.998. The fourth-order valence-electron chi connectivity index (χ4n) is 1.96. The minimum Gasteiger partial charge on any atom is -0.351 e. The Morgan fingerprint density at radius 2 is 1.96 bits per heavy atom. The number of rotatable bonds is 7. The lowest BCUT2D eigenvalue weighted by Gasteiger charge is -2.08. The summed E-state index contributed by atoms with van der Waals surface area (Å²) in [5.74, 6) is -0.393. The van der Waals surface area contributed by atoms with Crippen molar-refractivity contribution in [3.63, 3.8) is 0 Å². The fourth-order valence-corrected chi connectivity index (χ4v) is 3.44. The van der Waals surface area contributed by atoms with E-state index in [2.05, 4.69) is 15.0 Å². The van der Waals surface area contributed by atoms with Gasteiger partial charge in [0.05, 0.1) is 21.2 Å². The van der Waals surface area contributed by atoms with Gasteiger partial charge in [-0.15, -0.1) is 0 Å². The number of pyridine rings is 1. The summed E-state index contributed by atoms with van der Waals surface area (Å²) in [5.41, 5.74) is -0.259. The average molecular weight is 419 g/mol. The van der Waals surface area contributed by atoms with Gasteiger partial charge in [-0.2, -0.15) is 13.2 Å². The van der Waals surface area contributed by atoms with Crippen molar-refractivity contribution in [2.45, 2.75) is 22.6 Å². The molecule has 0 aliphatic rings. The molecule has 2 rings (SSSR count). The van der Waals surface area contributed by atoms with E-state index in [0.29, 0.717) is 16.8 Å². The predicted octanol–water partition coefficient (Wildman–Crippen LogP) is 2.42. The van der Waals surface area contributed by atoms with Gasteiger partial charge in [0, 0.05) is 12.7 Å². The number of carbonyl (C=O) groups excluding carboxylic acids is 1. The first-order valence-electron chi connectivity index (χ1n) is 7.57. The van der Waals surface area contributed by atoms with Crippen LogP contribution in [0.4, 0.5) is 13.2 Å². The summed E-state index contributed by atoms with van der Waals surface area (Å²) in [6.45, 7) is 0.118. The first-order chi connectivity index (χ1) is 12.6. The summed E-state index contributed by atoms with van der Waals surface area (Å²) < 4.78 is 63.1. The van der Waals surface area contributed by atoms with Crippen molar-refractivity contribution in [3.8, 4) is 0 Å². The molecule has 0 fully saturated rings. The molecule has 0 saturated carbocycles. The monoisotopic (exact) mass is 419 g/mol. The Morgan fingerprint density at radius 1 is 1.22 bits per heavy atom. The van der Waals surface area contributed by atoms with Crippen molar-refractivity contribution in [2.24, 2.45) is 0 Å². The molecule has 0 spiro atoms. The number of halogens is 3. The van der Waals surface area contributed by atoms with E-state index < -0.39 is 21.8 Å². The lowest BCUT2D eigenvalue weighted by atomic mass is 10.2. The lowest BCUT2D eigenvalue weighted by molar-refractivity contribution is -0.137. The van der Waals surface area contributed by atoms with Crippen LogP contribution in [0.1, 0.15) is 11.1 Å². The van der Waals surface area contributed by atoms with Gasteiger partial charge in [0.25, 0.3) is 0 Å². The molecule has 0 bridgehead atoms. The van der Waals surface area contributed by atoms with E-state index in [1.807, 2.05) is 0 Å². The number of aromatic nitrogens is 1. The number of benzene rings is 1. The molecule has 1 heterocycles. The van der Waals surface area contributed by atoms with Crippen LogP contribution in [0, 0.1) is 0 Å². The van der Waals surface area contributed by atoms with Crippen molar-refractivity contribution in [1.29, 1.82) is 0 Å². The normalized spacial score (nSPS) is 12.0. The van der Waals surface area contributed by atoms with E-state index in [-0.39, 0.29) is 23.1 Å². The second kappa shape index (κ2) is 8.72. The molecular formula is C16H16F3N3O3S2. The molecule has 1 aromatic heterocycles. The molecule has 27 heavy (non-hydrogen) atoms. The molecule has 0 aliphatic heterocycles. The number of nitrogens with zero attached hydrogens (tertiary/aromatic N) is 1. The molecule has 0 atom stereocenters. The largest absolute Gasteiger partial charge is 0.417 e. The van der Waals surface area contributed by atoms with Crippen molar-refractivity contribution >= 4 is 27.7 Å². The van der Waals surface area contributed by atoms with E-state index in [1.54, 1.807) is 12.1 Å². The number of thioether (sulfide) groups is 1. The summed E-state index contributed by atoms with van der Waals surface area (Å²) in [6, 6.07) is 8.21. The Bertz CT molecular complexity index is 901. The third-order valence-corrected chi connectivity index (χ3v) is 5.74. The number of hydrogen-bond donors (Lipinski definition) is 2. The van der Waals surface area contributed by atoms with Gasteiger partial charge in [-0.05, 0) is 36.9 Å². The quantitative estimate of drug-likeness (QED) is 0.673. The van der Waals surface area contributed by atoms with Gasteiger partial charge in [-0.25, -0.2) is 18.1 Å². The Balaban J connectivity index is 1.87. The molecule has 0 aliphatic carbocycles. The summed E-state index contributed by atoms with van der Waals surface area (Å²) in [4.78, 5) is 15.6. The highest BCUT2D eigenvalue weighted by Crippen LogP contribution is 2.29. The highest BCUT2D eigenvalue weighted by Gasteiger charge is 2.30. The van der Waals surface area contributed by atoms with E-state index in [0.717, 1.165) is 17.8 Å². The van der Waals surface area contributed by atoms with Gasteiger partial charge in [0.15, 0.2) is 0 Å². The molecule has 0 unspecified atom stereocenters. The van der Waals surface area contributed by atoms with Gasteiger partial charge >= 0.3 is 6.18 Å². The molecule has 0 saturated heterocycles. The molecule has 146 valence electrons. The van der Waals surface area contributed by atoms with E-state index in [4.69, 9.17) is 0 Å².